The predicted octanol–water partition coefficient (Wildman–Crippen LogP) is 4.98. The van der Waals surface area contributed by atoms with Gasteiger partial charge in [-0.25, -0.2) is 4.98 Å². The van der Waals surface area contributed by atoms with E-state index in [4.69, 9.17) is 16.3 Å². The van der Waals surface area contributed by atoms with Crippen molar-refractivity contribution in [1.29, 1.82) is 0 Å². The first kappa shape index (κ1) is 23.6. The van der Waals surface area contributed by atoms with Crippen LogP contribution in [0.3, 0.4) is 0 Å². The number of hydrogen-bond donors (Lipinski definition) is 1. The summed E-state index contributed by atoms with van der Waals surface area (Å²) in [4.78, 5) is 30.1. The largest absolute Gasteiger partial charge is 0.416 e. The Labute approximate surface area is 196 Å². The third-order valence-electron chi connectivity index (χ3n) is 5.12. The molecule has 1 atom stereocenters. The van der Waals surface area contributed by atoms with Gasteiger partial charge >= 0.3 is 6.18 Å². The average molecular weight is 498 g/mol. The molecule has 2 heterocycles. The Morgan fingerprint density at radius 1 is 1.24 bits per heavy atom. The number of halogens is 4. The fraction of sp³-hybridized carbons (Fsp3) is 0.318. The molecule has 0 radical (unpaired) electrons. The molecule has 174 valence electrons. The van der Waals surface area contributed by atoms with E-state index >= 15 is 0 Å². The molecule has 0 bridgehead atoms. The van der Waals surface area contributed by atoms with Crippen LogP contribution >= 0.6 is 23.4 Å². The van der Waals surface area contributed by atoms with Crippen molar-refractivity contribution in [3.63, 3.8) is 0 Å². The van der Waals surface area contributed by atoms with Crippen LogP contribution in [-0.2, 0) is 22.3 Å². The lowest BCUT2D eigenvalue weighted by Gasteiger charge is -2.16. The predicted molar refractivity (Wildman–Crippen MR) is 121 cm³/mol. The quantitative estimate of drug-likeness (QED) is 0.384. The number of nitrogens with one attached hydrogen (secondary N) is 1. The van der Waals surface area contributed by atoms with Gasteiger partial charge in [-0.2, -0.15) is 13.2 Å². The third-order valence-corrected chi connectivity index (χ3v) is 6.33. The molecule has 1 aromatic heterocycles. The molecule has 33 heavy (non-hydrogen) atoms. The van der Waals surface area contributed by atoms with Crippen LogP contribution in [0, 0.1) is 0 Å². The minimum Gasteiger partial charge on any atom is -0.376 e. The lowest BCUT2D eigenvalue weighted by molar-refractivity contribution is -0.137. The van der Waals surface area contributed by atoms with Crippen molar-refractivity contribution in [2.45, 2.75) is 36.8 Å². The highest BCUT2D eigenvalue weighted by Crippen LogP contribution is 2.30. The van der Waals surface area contributed by atoms with Crippen molar-refractivity contribution in [2.75, 3.05) is 17.7 Å². The van der Waals surface area contributed by atoms with Crippen LogP contribution in [0.2, 0.25) is 5.02 Å². The van der Waals surface area contributed by atoms with E-state index in [9.17, 15) is 22.8 Å². The molecule has 2 aromatic carbocycles. The van der Waals surface area contributed by atoms with E-state index in [1.54, 1.807) is 18.2 Å². The van der Waals surface area contributed by atoms with Gasteiger partial charge in [0.1, 0.15) is 0 Å². The highest BCUT2D eigenvalue weighted by Gasteiger charge is 2.30. The monoisotopic (exact) mass is 497 g/mol. The number of carbonyl (C=O) groups is 1. The first-order valence-electron chi connectivity index (χ1n) is 10.1. The molecule has 1 N–H and O–H groups in total. The number of thioether (sulfide) groups is 1. The van der Waals surface area contributed by atoms with Gasteiger partial charge in [-0.05, 0) is 55.3 Å². The number of amides is 1. The van der Waals surface area contributed by atoms with Gasteiger partial charge in [-0.15, -0.1) is 0 Å². The molecule has 0 saturated carbocycles. The number of benzene rings is 2. The number of rotatable bonds is 6. The molecule has 3 aromatic rings. The van der Waals surface area contributed by atoms with Gasteiger partial charge in [0.05, 0.1) is 34.9 Å². The molecule has 4 rings (SSSR count). The summed E-state index contributed by atoms with van der Waals surface area (Å²) in [6, 6.07) is 9.00. The van der Waals surface area contributed by atoms with E-state index in [0.717, 1.165) is 36.7 Å². The van der Waals surface area contributed by atoms with Crippen molar-refractivity contribution in [3.8, 4) is 0 Å². The molecule has 1 unspecified atom stereocenters. The molecule has 11 heteroatoms. The van der Waals surface area contributed by atoms with Crippen LogP contribution in [0.5, 0.6) is 0 Å². The summed E-state index contributed by atoms with van der Waals surface area (Å²) in [5, 5.41) is 3.74. The van der Waals surface area contributed by atoms with Crippen molar-refractivity contribution in [3.05, 3.63) is 63.4 Å². The second-order valence-electron chi connectivity index (χ2n) is 7.52. The van der Waals surface area contributed by atoms with Crippen LogP contribution < -0.4 is 10.9 Å². The van der Waals surface area contributed by atoms with Crippen molar-refractivity contribution in [2.24, 2.45) is 0 Å². The first-order valence-corrected chi connectivity index (χ1v) is 11.5. The Kier molecular flexibility index (Phi) is 6.96. The topological polar surface area (TPSA) is 73.2 Å². The van der Waals surface area contributed by atoms with Gasteiger partial charge < -0.3 is 10.1 Å². The third kappa shape index (κ3) is 5.69. The Hall–Kier alpha value is -2.56. The maximum atomic E-state index is 13.1. The zero-order valence-corrected chi connectivity index (χ0v) is 18.8. The van der Waals surface area contributed by atoms with E-state index in [1.165, 1.54) is 16.7 Å². The molecule has 0 spiro atoms. The lowest BCUT2D eigenvalue weighted by atomic mass is 10.2. The van der Waals surface area contributed by atoms with Crippen LogP contribution in [0.1, 0.15) is 18.4 Å². The maximum Gasteiger partial charge on any atom is 0.416 e. The highest BCUT2D eigenvalue weighted by atomic mass is 35.5. The van der Waals surface area contributed by atoms with E-state index in [2.05, 4.69) is 10.3 Å². The van der Waals surface area contributed by atoms with E-state index in [1.807, 2.05) is 0 Å². The SMILES string of the molecule is O=C(CSc1nc2cc(Cl)ccc2c(=O)n1CC1CCCO1)Nc1ccc(C(F)(F)F)cc1. The van der Waals surface area contributed by atoms with Crippen LogP contribution in [0.25, 0.3) is 10.9 Å². The zero-order valence-electron chi connectivity index (χ0n) is 17.2. The molecule has 1 saturated heterocycles. The minimum atomic E-state index is -4.45. The number of alkyl halides is 3. The van der Waals surface area contributed by atoms with Gasteiger partial charge in [0, 0.05) is 17.3 Å². The van der Waals surface area contributed by atoms with Gasteiger partial charge in [0.25, 0.3) is 5.56 Å². The molecule has 1 fully saturated rings. The second-order valence-corrected chi connectivity index (χ2v) is 8.90. The number of carbonyl (C=O) groups excluding carboxylic acids is 1. The Bertz CT molecular complexity index is 1230. The molecular weight excluding hydrogens is 479 g/mol. The normalized spacial score (nSPS) is 16.3. The van der Waals surface area contributed by atoms with Crippen LogP contribution in [-0.4, -0.2) is 33.9 Å². The van der Waals surface area contributed by atoms with Crippen molar-refractivity contribution in [1.82, 2.24) is 9.55 Å². The zero-order chi connectivity index (χ0) is 23.6. The summed E-state index contributed by atoms with van der Waals surface area (Å²) in [6.45, 7) is 0.946. The van der Waals surface area contributed by atoms with Gasteiger partial charge in [0.2, 0.25) is 5.91 Å². The average Bonchev–Trinajstić information content (AvgIpc) is 3.27. The molecule has 1 amide bonds. The number of anilines is 1. The number of nitrogens with zero attached hydrogens (tertiary/aromatic N) is 2. The summed E-state index contributed by atoms with van der Waals surface area (Å²) >= 11 is 7.11. The summed E-state index contributed by atoms with van der Waals surface area (Å²) < 4.78 is 45.3. The van der Waals surface area contributed by atoms with Gasteiger partial charge in [-0.1, -0.05) is 23.4 Å². The summed E-state index contributed by atoms with van der Waals surface area (Å²) in [5.41, 5.74) is -0.393. The van der Waals surface area contributed by atoms with Crippen LogP contribution in [0.4, 0.5) is 18.9 Å². The maximum absolute atomic E-state index is 13.1. The van der Waals surface area contributed by atoms with E-state index in [0.29, 0.717) is 34.2 Å². The molecule has 0 aliphatic carbocycles. The summed E-state index contributed by atoms with van der Waals surface area (Å²) in [6.07, 6.45) is -2.83. The van der Waals surface area contributed by atoms with Crippen molar-refractivity contribution < 1.29 is 22.7 Å². The Balaban J connectivity index is 1.52. The van der Waals surface area contributed by atoms with Gasteiger partial charge in [0.15, 0.2) is 5.16 Å². The Morgan fingerprint density at radius 3 is 2.67 bits per heavy atom. The molecule has 1 aliphatic heterocycles. The summed E-state index contributed by atoms with van der Waals surface area (Å²) in [7, 11) is 0. The standard InChI is InChI=1S/C22H19ClF3N3O3S/c23-14-5-8-17-18(10-14)28-21(29(20(17)31)11-16-2-1-9-32-16)33-12-19(30)27-15-6-3-13(4-7-15)22(24,25)26/h3-8,10,16H,1-2,9,11-12H2,(H,27,30). The second kappa shape index (κ2) is 9.74. The molecule has 1 aliphatic rings. The minimum absolute atomic E-state index is 0.0922. The van der Waals surface area contributed by atoms with Crippen molar-refractivity contribution >= 4 is 45.9 Å². The fourth-order valence-electron chi connectivity index (χ4n) is 3.51. The van der Waals surface area contributed by atoms with E-state index in [-0.39, 0.29) is 23.1 Å². The smallest absolute Gasteiger partial charge is 0.376 e. The summed E-state index contributed by atoms with van der Waals surface area (Å²) in [5.74, 6) is -0.533. The van der Waals surface area contributed by atoms with Crippen LogP contribution in [0.15, 0.2) is 52.4 Å². The number of ether oxygens (including phenoxy) is 1. The van der Waals surface area contributed by atoms with Gasteiger partial charge in [-0.3, -0.25) is 14.2 Å². The highest BCUT2D eigenvalue weighted by molar-refractivity contribution is 7.99. The number of fused-ring (bicyclic) bond motifs is 1. The molecule has 6 nitrogen and oxygen atoms in total. The lowest BCUT2D eigenvalue weighted by Crippen LogP contribution is -2.29. The van der Waals surface area contributed by atoms with E-state index < -0.39 is 17.6 Å². The first-order chi connectivity index (χ1) is 15.7. The fourth-order valence-corrected chi connectivity index (χ4v) is 4.48. The Morgan fingerprint density at radius 2 is 2.00 bits per heavy atom. The number of hydrogen-bond acceptors (Lipinski definition) is 5. The molecular formula is C22H19ClF3N3O3S. The number of aromatic nitrogens is 2.